The third kappa shape index (κ3) is 7.22. The molecule has 0 radical (unpaired) electrons. The number of aromatic nitrogens is 3. The van der Waals surface area contributed by atoms with E-state index in [1.807, 2.05) is 84.9 Å². The summed E-state index contributed by atoms with van der Waals surface area (Å²) in [5, 5.41) is 11.9. The normalized spacial score (nSPS) is 11.2. The maximum Gasteiger partial charge on any atom is 0.164 e. The van der Waals surface area contributed by atoms with E-state index in [2.05, 4.69) is 140 Å². The summed E-state index contributed by atoms with van der Waals surface area (Å²) < 4.78 is 6.61. The van der Waals surface area contributed by atoms with Crippen molar-refractivity contribution in [3.63, 3.8) is 0 Å². The Hall–Kier alpha value is -8.72. The Labute approximate surface area is 364 Å². The summed E-state index contributed by atoms with van der Waals surface area (Å²) in [7, 11) is 0. The number of hydrogen-bond donors (Lipinski definition) is 0. The average molecular weight is 805 g/mol. The van der Waals surface area contributed by atoms with Gasteiger partial charge in [0.1, 0.15) is 11.2 Å². The van der Waals surface area contributed by atoms with E-state index in [-0.39, 0.29) is 0 Å². The zero-order chi connectivity index (χ0) is 42.1. The van der Waals surface area contributed by atoms with Crippen molar-refractivity contribution < 1.29 is 4.42 Å². The van der Waals surface area contributed by atoms with Gasteiger partial charge in [-0.25, -0.2) is 15.0 Å². The maximum atomic E-state index is 9.81. The second-order valence-electron chi connectivity index (χ2n) is 15.5. The molecule has 0 saturated heterocycles. The molecule has 9 aromatic carbocycles. The van der Waals surface area contributed by atoms with Crippen molar-refractivity contribution in [3.05, 3.63) is 224 Å². The van der Waals surface area contributed by atoms with Gasteiger partial charge in [0.25, 0.3) is 0 Å². The molecule has 0 atom stereocenters. The van der Waals surface area contributed by atoms with E-state index in [0.717, 1.165) is 83.1 Å². The van der Waals surface area contributed by atoms with Gasteiger partial charge in [-0.1, -0.05) is 176 Å². The van der Waals surface area contributed by atoms with Crippen LogP contribution in [0.25, 0.3) is 112 Å². The van der Waals surface area contributed by atoms with E-state index >= 15 is 0 Å². The minimum absolute atomic E-state index is 0.527. The highest BCUT2D eigenvalue weighted by molar-refractivity contribution is 6.13. The molecular weight excluding hydrogens is 769 g/mol. The Morgan fingerprint density at radius 2 is 0.762 bits per heavy atom. The van der Waals surface area contributed by atoms with Crippen LogP contribution in [0.15, 0.2) is 223 Å². The largest absolute Gasteiger partial charge is 0.456 e. The number of rotatable bonds is 8. The first-order chi connectivity index (χ1) is 31.1. The van der Waals surface area contributed by atoms with Gasteiger partial charge in [0.2, 0.25) is 0 Å². The lowest BCUT2D eigenvalue weighted by Crippen LogP contribution is -2.00. The van der Waals surface area contributed by atoms with Crippen molar-refractivity contribution in [3.8, 4) is 95.9 Å². The lowest BCUT2D eigenvalue weighted by atomic mass is 9.95. The van der Waals surface area contributed by atoms with E-state index in [9.17, 15) is 5.26 Å². The first-order valence-electron chi connectivity index (χ1n) is 20.9. The molecule has 11 rings (SSSR count). The zero-order valence-electron chi connectivity index (χ0n) is 34.0. The Morgan fingerprint density at radius 3 is 1.38 bits per heavy atom. The standard InChI is InChI=1S/C58H36N4O/c59-37-46-19-10-11-20-50(46)42-27-29-44(30-28-42)56-60-57(62-58(61-56)49-34-47(39-15-6-2-7-16-39)33-48(35-49)40-17-8-3-9-18-40)45-31-32-52-54(36-45)63-53-22-12-21-51(55(52)53)43-25-23-41(24-26-43)38-13-4-1-5-14-38/h1-36H. The van der Waals surface area contributed by atoms with Crippen LogP contribution >= 0.6 is 0 Å². The summed E-state index contributed by atoms with van der Waals surface area (Å²) in [6.07, 6.45) is 0. The van der Waals surface area contributed by atoms with E-state index in [1.54, 1.807) is 0 Å². The fourth-order valence-electron chi connectivity index (χ4n) is 8.42. The molecular formula is C58H36N4O. The Balaban J connectivity index is 1.05. The second-order valence-corrected chi connectivity index (χ2v) is 15.5. The summed E-state index contributed by atoms with van der Waals surface area (Å²) in [6.45, 7) is 0. The molecule has 0 N–H and O–H groups in total. The number of furan rings is 1. The molecule has 0 aliphatic carbocycles. The van der Waals surface area contributed by atoms with E-state index in [4.69, 9.17) is 19.4 Å². The summed E-state index contributed by atoms with van der Waals surface area (Å²) in [5.74, 6) is 1.61. The zero-order valence-corrected chi connectivity index (χ0v) is 34.0. The first kappa shape index (κ1) is 37.3. The number of hydrogen-bond acceptors (Lipinski definition) is 5. The molecule has 294 valence electrons. The van der Waals surface area contributed by atoms with Crippen LogP contribution in [-0.2, 0) is 0 Å². The molecule has 0 bridgehead atoms. The van der Waals surface area contributed by atoms with E-state index in [0.29, 0.717) is 23.0 Å². The van der Waals surface area contributed by atoms with Gasteiger partial charge < -0.3 is 4.42 Å². The Morgan fingerprint density at radius 1 is 0.317 bits per heavy atom. The molecule has 0 saturated carbocycles. The lowest BCUT2D eigenvalue weighted by molar-refractivity contribution is 0.669. The van der Waals surface area contributed by atoms with Crippen molar-refractivity contribution in [1.29, 1.82) is 5.26 Å². The van der Waals surface area contributed by atoms with Crippen LogP contribution in [0.2, 0.25) is 0 Å². The predicted molar refractivity (Wildman–Crippen MR) is 255 cm³/mol. The predicted octanol–water partition coefficient (Wildman–Crippen LogP) is 15.0. The van der Waals surface area contributed by atoms with Gasteiger partial charge in [-0.3, -0.25) is 0 Å². The van der Waals surface area contributed by atoms with Crippen LogP contribution in [0.1, 0.15) is 5.56 Å². The number of fused-ring (bicyclic) bond motifs is 3. The quantitative estimate of drug-likeness (QED) is 0.153. The summed E-state index contributed by atoms with van der Waals surface area (Å²) in [6, 6.07) is 77.0. The SMILES string of the molecule is N#Cc1ccccc1-c1ccc(-c2nc(-c3cc(-c4ccccc4)cc(-c4ccccc4)c3)nc(-c3ccc4c(c3)oc3cccc(-c5ccc(-c6ccccc6)cc5)c34)n2)cc1. The van der Waals surface area contributed by atoms with Gasteiger partial charge in [-0.05, 0) is 98.1 Å². The summed E-state index contributed by atoms with van der Waals surface area (Å²) >= 11 is 0. The molecule has 0 unspecified atom stereocenters. The second kappa shape index (κ2) is 16.0. The molecule has 63 heavy (non-hydrogen) atoms. The third-order valence-corrected chi connectivity index (χ3v) is 11.6. The molecule has 11 aromatic rings. The molecule has 5 nitrogen and oxygen atoms in total. The minimum atomic E-state index is 0.527. The molecule has 2 heterocycles. The molecule has 0 aliphatic rings. The van der Waals surface area contributed by atoms with Gasteiger partial charge >= 0.3 is 0 Å². The third-order valence-electron chi connectivity index (χ3n) is 11.6. The van der Waals surface area contributed by atoms with Crippen LogP contribution < -0.4 is 0 Å². The molecule has 0 amide bonds. The van der Waals surface area contributed by atoms with Crippen molar-refractivity contribution in [2.45, 2.75) is 0 Å². The van der Waals surface area contributed by atoms with Gasteiger partial charge in [0, 0.05) is 27.5 Å². The lowest BCUT2D eigenvalue weighted by Gasteiger charge is -2.13. The Kier molecular flexibility index (Phi) is 9.50. The van der Waals surface area contributed by atoms with E-state index < -0.39 is 0 Å². The van der Waals surface area contributed by atoms with Gasteiger partial charge in [0.05, 0.1) is 11.6 Å². The van der Waals surface area contributed by atoms with Crippen molar-refractivity contribution in [2.24, 2.45) is 0 Å². The van der Waals surface area contributed by atoms with Crippen molar-refractivity contribution >= 4 is 21.9 Å². The number of benzene rings is 9. The average Bonchev–Trinajstić information content (AvgIpc) is 3.75. The van der Waals surface area contributed by atoms with Gasteiger partial charge in [0.15, 0.2) is 17.5 Å². The molecule has 2 aromatic heterocycles. The molecule has 5 heteroatoms. The highest BCUT2D eigenvalue weighted by Crippen LogP contribution is 2.40. The first-order valence-corrected chi connectivity index (χ1v) is 20.9. The maximum absolute atomic E-state index is 9.81. The molecule has 0 spiro atoms. The van der Waals surface area contributed by atoms with Crippen LogP contribution in [0.4, 0.5) is 0 Å². The van der Waals surface area contributed by atoms with Crippen LogP contribution in [0.5, 0.6) is 0 Å². The smallest absolute Gasteiger partial charge is 0.164 e. The monoisotopic (exact) mass is 804 g/mol. The van der Waals surface area contributed by atoms with Crippen LogP contribution in [0, 0.1) is 11.3 Å². The van der Waals surface area contributed by atoms with Gasteiger partial charge in [-0.2, -0.15) is 5.26 Å². The van der Waals surface area contributed by atoms with E-state index in [1.165, 1.54) is 11.1 Å². The topological polar surface area (TPSA) is 75.6 Å². The highest BCUT2D eigenvalue weighted by atomic mass is 16.3. The van der Waals surface area contributed by atoms with Crippen molar-refractivity contribution in [1.82, 2.24) is 15.0 Å². The van der Waals surface area contributed by atoms with Gasteiger partial charge in [-0.15, -0.1) is 0 Å². The Bertz CT molecular complexity index is 3420. The highest BCUT2D eigenvalue weighted by Gasteiger charge is 2.18. The summed E-state index contributed by atoms with van der Waals surface area (Å²) in [4.78, 5) is 15.5. The number of nitrogens with zero attached hydrogens (tertiary/aromatic N) is 4. The summed E-state index contributed by atoms with van der Waals surface area (Å²) in [5.41, 5.74) is 15.4. The number of nitriles is 1. The molecule has 0 aliphatic heterocycles. The van der Waals surface area contributed by atoms with Crippen molar-refractivity contribution in [2.75, 3.05) is 0 Å². The van der Waals surface area contributed by atoms with Crippen LogP contribution in [0.3, 0.4) is 0 Å². The van der Waals surface area contributed by atoms with Crippen LogP contribution in [-0.4, -0.2) is 15.0 Å². The minimum Gasteiger partial charge on any atom is -0.456 e. The molecule has 0 fully saturated rings. The fraction of sp³-hybridized carbons (Fsp3) is 0. The fourth-order valence-corrected chi connectivity index (χ4v) is 8.42.